The third-order valence-corrected chi connectivity index (χ3v) is 2.36. The topological polar surface area (TPSA) is 86.6 Å². The van der Waals surface area contributed by atoms with E-state index in [4.69, 9.17) is 5.11 Å². The van der Waals surface area contributed by atoms with Crippen LogP contribution in [0.2, 0.25) is 0 Å². The number of phenols is 1. The molecule has 0 heterocycles. The third-order valence-electron chi connectivity index (χ3n) is 2.36. The minimum Gasteiger partial charge on any atom is -0.505 e. The Morgan fingerprint density at radius 3 is 2.53 bits per heavy atom. The highest BCUT2D eigenvalue weighted by atomic mass is 16.4. The van der Waals surface area contributed by atoms with E-state index < -0.39 is 11.7 Å². The first-order valence-corrected chi connectivity index (χ1v) is 5.33. The Morgan fingerprint density at radius 2 is 2.00 bits per heavy atom. The quantitative estimate of drug-likeness (QED) is 0.700. The van der Waals surface area contributed by atoms with Crippen LogP contribution in [0.1, 0.15) is 35.7 Å². The number of carbonyl (C=O) groups is 2. The van der Waals surface area contributed by atoms with Gasteiger partial charge in [0.1, 0.15) is 5.56 Å². The van der Waals surface area contributed by atoms with Crippen molar-refractivity contribution in [3.8, 4) is 5.75 Å². The summed E-state index contributed by atoms with van der Waals surface area (Å²) in [4.78, 5) is 22.3. The molecule has 1 aromatic carbocycles. The van der Waals surface area contributed by atoms with Crippen LogP contribution in [0.5, 0.6) is 5.75 Å². The van der Waals surface area contributed by atoms with Crippen molar-refractivity contribution in [1.82, 2.24) is 0 Å². The Balaban J connectivity index is 3.09. The first-order valence-electron chi connectivity index (χ1n) is 5.33. The normalized spacial score (nSPS) is 10.0. The van der Waals surface area contributed by atoms with Gasteiger partial charge in [0.15, 0.2) is 5.75 Å². The third kappa shape index (κ3) is 2.96. The summed E-state index contributed by atoms with van der Waals surface area (Å²) in [6.45, 7) is 3.55. The fraction of sp³-hybridized carbons (Fsp3) is 0.333. The molecule has 1 aromatic rings. The average molecular weight is 237 g/mol. The van der Waals surface area contributed by atoms with Gasteiger partial charge in [0, 0.05) is 6.42 Å². The van der Waals surface area contributed by atoms with Crippen LogP contribution in [0.15, 0.2) is 12.1 Å². The molecule has 3 N–H and O–H groups in total. The largest absolute Gasteiger partial charge is 0.505 e. The van der Waals surface area contributed by atoms with Crippen molar-refractivity contribution in [3.05, 3.63) is 23.3 Å². The monoisotopic (exact) mass is 237 g/mol. The number of hydrogen-bond acceptors (Lipinski definition) is 3. The molecule has 92 valence electrons. The lowest BCUT2D eigenvalue weighted by molar-refractivity contribution is -0.116. The molecule has 0 aromatic heterocycles. The van der Waals surface area contributed by atoms with Gasteiger partial charge in [-0.15, -0.1) is 0 Å². The number of rotatable bonds is 4. The Hall–Kier alpha value is -2.04. The molecule has 0 saturated heterocycles. The number of carboxylic acid groups (broad SMARTS) is 1. The lowest BCUT2D eigenvalue weighted by Crippen LogP contribution is -2.12. The molecule has 5 heteroatoms. The van der Waals surface area contributed by atoms with E-state index in [1.54, 1.807) is 13.0 Å². The summed E-state index contributed by atoms with van der Waals surface area (Å²) in [5.74, 6) is -1.87. The minimum atomic E-state index is -1.23. The van der Waals surface area contributed by atoms with Gasteiger partial charge in [-0.3, -0.25) is 4.79 Å². The van der Waals surface area contributed by atoms with Crippen LogP contribution < -0.4 is 5.32 Å². The summed E-state index contributed by atoms with van der Waals surface area (Å²) in [5, 5.41) is 21.1. The number of amides is 1. The summed E-state index contributed by atoms with van der Waals surface area (Å²) < 4.78 is 0. The number of carboxylic acids is 1. The van der Waals surface area contributed by atoms with E-state index in [9.17, 15) is 14.7 Å². The van der Waals surface area contributed by atoms with E-state index in [1.165, 1.54) is 6.07 Å². The molecule has 0 fully saturated rings. The van der Waals surface area contributed by atoms with Gasteiger partial charge in [0.05, 0.1) is 5.69 Å². The van der Waals surface area contributed by atoms with Gasteiger partial charge in [-0.2, -0.15) is 0 Å². The van der Waals surface area contributed by atoms with E-state index in [0.29, 0.717) is 18.4 Å². The second kappa shape index (κ2) is 5.34. The molecule has 0 spiro atoms. The van der Waals surface area contributed by atoms with E-state index >= 15 is 0 Å². The molecule has 0 bridgehead atoms. The zero-order chi connectivity index (χ0) is 13.0. The van der Waals surface area contributed by atoms with Gasteiger partial charge in [-0.1, -0.05) is 13.0 Å². The van der Waals surface area contributed by atoms with Crippen LogP contribution in [0, 0.1) is 6.92 Å². The maximum absolute atomic E-state index is 11.4. The zero-order valence-electron chi connectivity index (χ0n) is 9.78. The molecule has 5 nitrogen and oxygen atoms in total. The SMILES string of the molecule is CCCC(=O)Nc1c(C)ccc(C(=O)O)c1O. The molecule has 0 unspecified atom stereocenters. The lowest BCUT2D eigenvalue weighted by Gasteiger charge is -2.11. The second-order valence-corrected chi connectivity index (χ2v) is 3.76. The van der Waals surface area contributed by atoms with Crippen LogP contribution >= 0.6 is 0 Å². The average Bonchev–Trinajstić information content (AvgIpc) is 2.24. The fourth-order valence-electron chi connectivity index (χ4n) is 1.45. The summed E-state index contributed by atoms with van der Waals surface area (Å²) in [6.07, 6.45) is 1.01. The highest BCUT2D eigenvalue weighted by Crippen LogP contribution is 2.31. The van der Waals surface area contributed by atoms with E-state index in [2.05, 4.69) is 5.32 Å². The van der Waals surface area contributed by atoms with Gasteiger partial charge >= 0.3 is 5.97 Å². The second-order valence-electron chi connectivity index (χ2n) is 3.76. The van der Waals surface area contributed by atoms with Gasteiger partial charge < -0.3 is 15.5 Å². The van der Waals surface area contributed by atoms with Crippen LogP contribution in [-0.2, 0) is 4.79 Å². The van der Waals surface area contributed by atoms with Crippen molar-refractivity contribution in [1.29, 1.82) is 0 Å². The minimum absolute atomic E-state index is 0.170. The lowest BCUT2D eigenvalue weighted by atomic mass is 10.1. The molecule has 1 amide bonds. The number of anilines is 1. The predicted octanol–water partition coefficient (Wildman–Crippen LogP) is 2.14. The van der Waals surface area contributed by atoms with Gasteiger partial charge in [0.2, 0.25) is 5.91 Å². The number of nitrogens with one attached hydrogen (secondary N) is 1. The van der Waals surface area contributed by atoms with Crippen molar-refractivity contribution < 1.29 is 19.8 Å². The van der Waals surface area contributed by atoms with Crippen molar-refractivity contribution in [2.45, 2.75) is 26.7 Å². The Morgan fingerprint density at radius 1 is 1.35 bits per heavy atom. The van der Waals surface area contributed by atoms with E-state index in [0.717, 1.165) is 0 Å². The molecule has 0 aliphatic heterocycles. The summed E-state index contributed by atoms with van der Waals surface area (Å²) >= 11 is 0. The van der Waals surface area contributed by atoms with Crippen molar-refractivity contribution in [2.75, 3.05) is 5.32 Å². The van der Waals surface area contributed by atoms with Crippen LogP contribution in [0.3, 0.4) is 0 Å². The summed E-state index contributed by atoms with van der Waals surface area (Å²) in [5.41, 5.74) is 0.572. The number of aromatic carboxylic acids is 1. The maximum Gasteiger partial charge on any atom is 0.339 e. The first kappa shape index (κ1) is 13.0. The van der Waals surface area contributed by atoms with Crippen molar-refractivity contribution in [3.63, 3.8) is 0 Å². The molecule has 0 saturated carbocycles. The molecule has 0 radical (unpaired) electrons. The highest BCUT2D eigenvalue weighted by Gasteiger charge is 2.16. The number of aromatic hydroxyl groups is 1. The number of hydrogen-bond donors (Lipinski definition) is 3. The van der Waals surface area contributed by atoms with Crippen molar-refractivity contribution >= 4 is 17.6 Å². The van der Waals surface area contributed by atoms with Crippen LogP contribution in [0.4, 0.5) is 5.69 Å². The Kier molecular flexibility index (Phi) is 4.09. The van der Waals surface area contributed by atoms with E-state index in [-0.39, 0.29) is 17.2 Å². The van der Waals surface area contributed by atoms with Gasteiger partial charge in [0.25, 0.3) is 0 Å². The summed E-state index contributed by atoms with van der Waals surface area (Å²) in [7, 11) is 0. The van der Waals surface area contributed by atoms with Crippen LogP contribution in [-0.4, -0.2) is 22.1 Å². The predicted molar refractivity (Wildman–Crippen MR) is 63.3 cm³/mol. The molecule has 1 rings (SSSR count). The first-order chi connectivity index (χ1) is 7.97. The standard InChI is InChI=1S/C12H15NO4/c1-3-4-9(14)13-10-7(2)5-6-8(11(10)15)12(16)17/h5-6,15H,3-4H2,1-2H3,(H,13,14)(H,16,17). The molecule has 0 aliphatic carbocycles. The summed E-state index contributed by atoms with van der Waals surface area (Å²) in [6, 6.07) is 2.85. The molecule has 0 atom stereocenters. The van der Waals surface area contributed by atoms with E-state index in [1.807, 2.05) is 6.92 Å². The Bertz CT molecular complexity index is 454. The zero-order valence-corrected chi connectivity index (χ0v) is 9.78. The fourth-order valence-corrected chi connectivity index (χ4v) is 1.45. The van der Waals surface area contributed by atoms with Gasteiger partial charge in [-0.25, -0.2) is 4.79 Å². The molecular weight excluding hydrogens is 222 g/mol. The number of benzene rings is 1. The number of aryl methyl sites for hydroxylation is 1. The molecular formula is C12H15NO4. The highest BCUT2D eigenvalue weighted by molar-refractivity contribution is 5.98. The smallest absolute Gasteiger partial charge is 0.339 e. The van der Waals surface area contributed by atoms with Crippen LogP contribution in [0.25, 0.3) is 0 Å². The van der Waals surface area contributed by atoms with Gasteiger partial charge in [-0.05, 0) is 25.0 Å². The maximum atomic E-state index is 11.4. The molecule has 0 aliphatic rings. The number of carbonyl (C=O) groups excluding carboxylic acids is 1. The molecule has 17 heavy (non-hydrogen) atoms. The Labute approximate surface area is 99.1 Å². The van der Waals surface area contributed by atoms with Crippen molar-refractivity contribution in [2.24, 2.45) is 0 Å².